The predicted octanol–water partition coefficient (Wildman–Crippen LogP) is 1.71. The number of pyridine rings is 1. The molecule has 100 valence electrons. The molecule has 18 heavy (non-hydrogen) atoms. The SMILES string of the molecule is CN(CCc1ccncc1)CCC1OCCCO1. The van der Waals surface area contributed by atoms with E-state index in [0.717, 1.165) is 45.6 Å². The van der Waals surface area contributed by atoms with Gasteiger partial charge in [0.05, 0.1) is 13.2 Å². The zero-order valence-electron chi connectivity index (χ0n) is 11.0. The number of likely N-dealkylation sites (N-methyl/N-ethyl adjacent to an activating group) is 1. The molecular formula is C14H22N2O2. The minimum Gasteiger partial charge on any atom is -0.353 e. The second-order valence-corrected chi connectivity index (χ2v) is 4.72. The molecule has 0 saturated carbocycles. The van der Waals surface area contributed by atoms with Crippen LogP contribution in [0.2, 0.25) is 0 Å². The quantitative estimate of drug-likeness (QED) is 0.770. The summed E-state index contributed by atoms with van der Waals surface area (Å²) in [6.07, 6.45) is 6.73. The molecule has 4 nitrogen and oxygen atoms in total. The van der Waals surface area contributed by atoms with Gasteiger partial charge in [-0.2, -0.15) is 0 Å². The zero-order chi connectivity index (χ0) is 12.6. The fourth-order valence-corrected chi connectivity index (χ4v) is 2.01. The van der Waals surface area contributed by atoms with E-state index in [1.54, 1.807) is 0 Å². The van der Waals surface area contributed by atoms with E-state index in [4.69, 9.17) is 9.47 Å². The number of nitrogens with zero attached hydrogens (tertiary/aromatic N) is 2. The van der Waals surface area contributed by atoms with Gasteiger partial charge in [-0.25, -0.2) is 0 Å². The average Bonchev–Trinajstić information content (AvgIpc) is 2.45. The van der Waals surface area contributed by atoms with Gasteiger partial charge < -0.3 is 14.4 Å². The van der Waals surface area contributed by atoms with Crippen LogP contribution >= 0.6 is 0 Å². The van der Waals surface area contributed by atoms with Gasteiger partial charge in [0.1, 0.15) is 0 Å². The minimum atomic E-state index is 0.00197. The van der Waals surface area contributed by atoms with Crippen LogP contribution in [0.3, 0.4) is 0 Å². The molecule has 0 amide bonds. The summed E-state index contributed by atoms with van der Waals surface area (Å²) in [5, 5.41) is 0. The summed E-state index contributed by atoms with van der Waals surface area (Å²) in [6.45, 7) is 3.74. The highest BCUT2D eigenvalue weighted by atomic mass is 16.7. The molecule has 4 heteroatoms. The molecule has 2 rings (SSSR count). The molecule has 0 atom stereocenters. The van der Waals surface area contributed by atoms with Crippen LogP contribution in [0.1, 0.15) is 18.4 Å². The third-order valence-corrected chi connectivity index (χ3v) is 3.17. The maximum absolute atomic E-state index is 5.53. The average molecular weight is 250 g/mol. The van der Waals surface area contributed by atoms with Crippen molar-refractivity contribution in [3.63, 3.8) is 0 Å². The highest BCUT2D eigenvalue weighted by Crippen LogP contribution is 2.09. The summed E-state index contributed by atoms with van der Waals surface area (Å²) in [5.74, 6) is 0. The highest BCUT2D eigenvalue weighted by molar-refractivity contribution is 5.09. The number of hydrogen-bond donors (Lipinski definition) is 0. The van der Waals surface area contributed by atoms with Gasteiger partial charge in [0, 0.05) is 31.9 Å². The van der Waals surface area contributed by atoms with E-state index in [1.165, 1.54) is 5.56 Å². The Morgan fingerprint density at radius 3 is 2.67 bits per heavy atom. The Balaban J connectivity index is 1.61. The van der Waals surface area contributed by atoms with Gasteiger partial charge in [-0.05, 0) is 37.6 Å². The van der Waals surface area contributed by atoms with Gasteiger partial charge in [-0.1, -0.05) is 0 Å². The van der Waals surface area contributed by atoms with Crippen LogP contribution in [-0.4, -0.2) is 49.5 Å². The molecule has 0 radical (unpaired) electrons. The summed E-state index contributed by atoms with van der Waals surface area (Å²) in [4.78, 5) is 6.34. The Morgan fingerprint density at radius 1 is 1.22 bits per heavy atom. The van der Waals surface area contributed by atoms with E-state index in [0.29, 0.717) is 0 Å². The summed E-state index contributed by atoms with van der Waals surface area (Å²) < 4.78 is 11.1. The van der Waals surface area contributed by atoms with Crippen LogP contribution in [0, 0.1) is 0 Å². The molecule has 0 N–H and O–H groups in total. The molecular weight excluding hydrogens is 228 g/mol. The molecule has 0 aromatic carbocycles. The normalized spacial score (nSPS) is 17.2. The minimum absolute atomic E-state index is 0.00197. The van der Waals surface area contributed by atoms with Crippen molar-refractivity contribution in [1.29, 1.82) is 0 Å². The van der Waals surface area contributed by atoms with Crippen molar-refractivity contribution in [1.82, 2.24) is 9.88 Å². The van der Waals surface area contributed by atoms with Crippen molar-refractivity contribution in [2.45, 2.75) is 25.6 Å². The lowest BCUT2D eigenvalue weighted by Crippen LogP contribution is -2.30. The van der Waals surface area contributed by atoms with Gasteiger partial charge in [0.2, 0.25) is 0 Å². The fraction of sp³-hybridized carbons (Fsp3) is 0.643. The van der Waals surface area contributed by atoms with Crippen molar-refractivity contribution in [2.24, 2.45) is 0 Å². The topological polar surface area (TPSA) is 34.6 Å². The Hall–Kier alpha value is -0.970. The molecule has 1 saturated heterocycles. The van der Waals surface area contributed by atoms with Gasteiger partial charge in [0.25, 0.3) is 0 Å². The molecule has 0 bridgehead atoms. The van der Waals surface area contributed by atoms with E-state index in [2.05, 4.69) is 29.1 Å². The second kappa shape index (κ2) is 7.46. The molecule has 0 unspecified atom stereocenters. The Bertz CT molecular complexity index is 326. The Morgan fingerprint density at radius 2 is 1.94 bits per heavy atom. The van der Waals surface area contributed by atoms with Gasteiger partial charge in [0.15, 0.2) is 6.29 Å². The largest absolute Gasteiger partial charge is 0.353 e. The second-order valence-electron chi connectivity index (χ2n) is 4.72. The van der Waals surface area contributed by atoms with Crippen LogP contribution in [0.25, 0.3) is 0 Å². The zero-order valence-corrected chi connectivity index (χ0v) is 11.0. The number of hydrogen-bond acceptors (Lipinski definition) is 4. The van der Waals surface area contributed by atoms with Gasteiger partial charge >= 0.3 is 0 Å². The molecule has 1 aliphatic heterocycles. The summed E-state index contributed by atoms with van der Waals surface area (Å²) in [6, 6.07) is 4.14. The van der Waals surface area contributed by atoms with Crippen LogP contribution in [-0.2, 0) is 15.9 Å². The first-order valence-electron chi connectivity index (χ1n) is 6.65. The maximum Gasteiger partial charge on any atom is 0.158 e. The summed E-state index contributed by atoms with van der Waals surface area (Å²) in [7, 11) is 2.14. The van der Waals surface area contributed by atoms with E-state index in [-0.39, 0.29) is 6.29 Å². The monoisotopic (exact) mass is 250 g/mol. The number of ether oxygens (including phenoxy) is 2. The van der Waals surface area contributed by atoms with Gasteiger partial charge in [-0.15, -0.1) is 0 Å². The van der Waals surface area contributed by atoms with Crippen LogP contribution in [0.4, 0.5) is 0 Å². The lowest BCUT2D eigenvalue weighted by Gasteiger charge is -2.25. The molecule has 0 aliphatic carbocycles. The third kappa shape index (κ3) is 4.72. The Labute approximate surface area is 109 Å². The first-order chi connectivity index (χ1) is 8.84. The predicted molar refractivity (Wildman–Crippen MR) is 70.4 cm³/mol. The fourth-order valence-electron chi connectivity index (χ4n) is 2.01. The van der Waals surface area contributed by atoms with E-state index in [9.17, 15) is 0 Å². The van der Waals surface area contributed by atoms with Crippen molar-refractivity contribution in [3.05, 3.63) is 30.1 Å². The number of aromatic nitrogens is 1. The molecule has 0 spiro atoms. The van der Waals surface area contributed by atoms with Crippen LogP contribution in [0.15, 0.2) is 24.5 Å². The summed E-state index contributed by atoms with van der Waals surface area (Å²) in [5.41, 5.74) is 1.34. The molecule has 2 heterocycles. The van der Waals surface area contributed by atoms with Crippen LogP contribution in [0.5, 0.6) is 0 Å². The van der Waals surface area contributed by atoms with Crippen LogP contribution < -0.4 is 0 Å². The summed E-state index contributed by atoms with van der Waals surface area (Å²) >= 11 is 0. The van der Waals surface area contributed by atoms with E-state index in [1.807, 2.05) is 12.4 Å². The number of rotatable bonds is 6. The lowest BCUT2D eigenvalue weighted by atomic mass is 10.2. The standard InChI is InChI=1S/C14H22N2O2/c1-16(9-5-13-3-7-15-8-4-13)10-6-14-17-11-2-12-18-14/h3-4,7-8,14H,2,5-6,9-12H2,1H3. The molecule has 1 aliphatic rings. The lowest BCUT2D eigenvalue weighted by molar-refractivity contribution is -0.182. The van der Waals surface area contributed by atoms with E-state index < -0.39 is 0 Å². The van der Waals surface area contributed by atoms with E-state index >= 15 is 0 Å². The molecule has 1 aromatic heterocycles. The van der Waals surface area contributed by atoms with Crippen molar-refractivity contribution >= 4 is 0 Å². The first kappa shape index (κ1) is 13.5. The Kier molecular flexibility index (Phi) is 5.58. The van der Waals surface area contributed by atoms with Crippen molar-refractivity contribution in [3.8, 4) is 0 Å². The molecule has 1 fully saturated rings. The maximum atomic E-state index is 5.53. The highest BCUT2D eigenvalue weighted by Gasteiger charge is 2.14. The van der Waals surface area contributed by atoms with Crippen molar-refractivity contribution in [2.75, 3.05) is 33.4 Å². The smallest absolute Gasteiger partial charge is 0.158 e. The first-order valence-corrected chi connectivity index (χ1v) is 6.65. The third-order valence-electron chi connectivity index (χ3n) is 3.17. The van der Waals surface area contributed by atoms with Crippen molar-refractivity contribution < 1.29 is 9.47 Å². The van der Waals surface area contributed by atoms with Gasteiger partial charge in [-0.3, -0.25) is 4.98 Å². The molecule has 1 aromatic rings.